The van der Waals surface area contributed by atoms with Gasteiger partial charge in [-0.15, -0.1) is 0 Å². The van der Waals surface area contributed by atoms with Gasteiger partial charge in [0.15, 0.2) is 0 Å². The summed E-state index contributed by atoms with van der Waals surface area (Å²) in [6.45, 7) is 11.3. The first-order chi connectivity index (χ1) is 9.08. The van der Waals surface area contributed by atoms with E-state index >= 15 is 0 Å². The van der Waals surface area contributed by atoms with Crippen LogP contribution in [0.2, 0.25) is 0 Å². The number of carbonyl (C=O) groups is 1. The monoisotopic (exact) mass is 271 g/mol. The molecule has 1 saturated heterocycles. The lowest BCUT2D eigenvalue weighted by Gasteiger charge is -2.30. The minimum atomic E-state index is -0.212. The van der Waals surface area contributed by atoms with Crippen molar-refractivity contribution in [3.63, 3.8) is 0 Å². The van der Waals surface area contributed by atoms with E-state index in [0.29, 0.717) is 12.6 Å². The molecule has 5 nitrogen and oxygen atoms in total. The maximum absolute atomic E-state index is 11.9. The van der Waals surface area contributed by atoms with E-state index in [-0.39, 0.29) is 12.0 Å². The summed E-state index contributed by atoms with van der Waals surface area (Å²) in [5.74, 6) is -0.130. The van der Waals surface area contributed by atoms with Crippen molar-refractivity contribution in [2.24, 2.45) is 0 Å². The van der Waals surface area contributed by atoms with Crippen molar-refractivity contribution in [2.45, 2.75) is 39.3 Å². The zero-order chi connectivity index (χ0) is 14.3. The van der Waals surface area contributed by atoms with Gasteiger partial charge in [0.1, 0.15) is 6.04 Å². The van der Waals surface area contributed by atoms with Crippen molar-refractivity contribution in [3.05, 3.63) is 0 Å². The molecular formula is C14H29N3O2. The first-order valence-electron chi connectivity index (χ1n) is 7.41. The second kappa shape index (κ2) is 8.51. The highest BCUT2D eigenvalue weighted by molar-refractivity contribution is 5.76. The lowest BCUT2D eigenvalue weighted by atomic mass is 10.2. The normalized spacial score (nSPS) is 23.9. The van der Waals surface area contributed by atoms with Gasteiger partial charge in [-0.25, -0.2) is 0 Å². The average Bonchev–Trinajstić information content (AvgIpc) is 2.51. The van der Waals surface area contributed by atoms with Gasteiger partial charge < -0.3 is 15.0 Å². The minimum Gasteiger partial charge on any atom is -0.465 e. The van der Waals surface area contributed by atoms with Gasteiger partial charge in [-0.3, -0.25) is 9.69 Å². The van der Waals surface area contributed by atoms with Gasteiger partial charge in [0.2, 0.25) is 0 Å². The Hall–Kier alpha value is -0.650. The van der Waals surface area contributed by atoms with Gasteiger partial charge in [0, 0.05) is 19.1 Å². The molecule has 1 N–H and O–H groups in total. The third-order valence-electron chi connectivity index (χ3n) is 3.62. The van der Waals surface area contributed by atoms with Crippen LogP contribution in [-0.4, -0.2) is 74.2 Å². The highest BCUT2D eigenvalue weighted by Crippen LogP contribution is 2.09. The van der Waals surface area contributed by atoms with Gasteiger partial charge in [0.05, 0.1) is 6.61 Å². The Morgan fingerprint density at radius 2 is 2.16 bits per heavy atom. The van der Waals surface area contributed by atoms with Crippen LogP contribution in [0.4, 0.5) is 0 Å². The van der Waals surface area contributed by atoms with Gasteiger partial charge in [-0.1, -0.05) is 6.92 Å². The fourth-order valence-electron chi connectivity index (χ4n) is 2.64. The Kier molecular flexibility index (Phi) is 7.34. The highest BCUT2D eigenvalue weighted by Gasteiger charge is 2.26. The standard InChI is InChI=1S/C14H29N3O2/c1-5-15-13(14(18)19-6-2)11-17-9-7-8-16(4)10-12(17)3/h12-13,15H,5-11H2,1-4H3. The number of hydrogen-bond acceptors (Lipinski definition) is 5. The number of ether oxygens (including phenoxy) is 1. The molecule has 0 bridgehead atoms. The fraction of sp³-hybridized carbons (Fsp3) is 0.929. The molecule has 112 valence electrons. The van der Waals surface area contributed by atoms with Crippen molar-refractivity contribution >= 4 is 5.97 Å². The number of nitrogens with one attached hydrogen (secondary N) is 1. The molecule has 0 aromatic rings. The molecule has 0 aromatic carbocycles. The van der Waals surface area contributed by atoms with Crippen LogP contribution in [-0.2, 0) is 9.53 Å². The zero-order valence-electron chi connectivity index (χ0n) is 12.8. The van der Waals surface area contributed by atoms with E-state index in [1.807, 2.05) is 13.8 Å². The Morgan fingerprint density at radius 1 is 1.42 bits per heavy atom. The summed E-state index contributed by atoms with van der Waals surface area (Å²) in [5.41, 5.74) is 0. The minimum absolute atomic E-state index is 0.130. The molecule has 0 saturated carbocycles. The van der Waals surface area contributed by atoms with Crippen LogP contribution < -0.4 is 5.32 Å². The Morgan fingerprint density at radius 3 is 2.79 bits per heavy atom. The lowest BCUT2D eigenvalue weighted by molar-refractivity contribution is -0.146. The number of likely N-dealkylation sites (N-methyl/N-ethyl adjacent to an activating group) is 2. The highest BCUT2D eigenvalue weighted by atomic mass is 16.5. The van der Waals surface area contributed by atoms with Crippen LogP contribution in [0, 0.1) is 0 Å². The summed E-state index contributed by atoms with van der Waals surface area (Å²) in [7, 11) is 2.16. The first-order valence-corrected chi connectivity index (χ1v) is 7.41. The van der Waals surface area contributed by atoms with Gasteiger partial charge in [0.25, 0.3) is 0 Å². The van der Waals surface area contributed by atoms with E-state index in [2.05, 4.69) is 29.1 Å². The molecule has 1 heterocycles. The summed E-state index contributed by atoms with van der Waals surface area (Å²) >= 11 is 0. The Balaban J connectivity index is 2.58. The largest absolute Gasteiger partial charge is 0.465 e. The third-order valence-corrected chi connectivity index (χ3v) is 3.62. The number of nitrogens with zero attached hydrogens (tertiary/aromatic N) is 2. The van der Waals surface area contributed by atoms with Crippen molar-refractivity contribution in [2.75, 3.05) is 46.4 Å². The fourth-order valence-corrected chi connectivity index (χ4v) is 2.64. The molecule has 0 aromatic heterocycles. The van der Waals surface area contributed by atoms with Crippen molar-refractivity contribution < 1.29 is 9.53 Å². The average molecular weight is 271 g/mol. The topological polar surface area (TPSA) is 44.8 Å². The van der Waals surface area contributed by atoms with E-state index < -0.39 is 0 Å². The van der Waals surface area contributed by atoms with E-state index in [0.717, 1.165) is 39.1 Å². The van der Waals surface area contributed by atoms with E-state index in [1.165, 1.54) is 0 Å². The summed E-state index contributed by atoms with van der Waals surface area (Å²) < 4.78 is 5.15. The second-order valence-electron chi connectivity index (χ2n) is 5.32. The molecule has 0 amide bonds. The second-order valence-corrected chi connectivity index (χ2v) is 5.32. The molecule has 1 rings (SSSR count). The molecular weight excluding hydrogens is 242 g/mol. The molecule has 5 heteroatoms. The molecule has 0 aliphatic carbocycles. The van der Waals surface area contributed by atoms with Gasteiger partial charge in [-0.05, 0) is 47.0 Å². The molecule has 1 aliphatic rings. The maximum Gasteiger partial charge on any atom is 0.324 e. The molecule has 0 radical (unpaired) electrons. The third kappa shape index (κ3) is 5.47. The Bertz CT molecular complexity index is 273. The smallest absolute Gasteiger partial charge is 0.324 e. The summed E-state index contributed by atoms with van der Waals surface area (Å²) in [6, 6.07) is 0.263. The van der Waals surface area contributed by atoms with E-state index in [9.17, 15) is 4.79 Å². The molecule has 1 aliphatic heterocycles. The van der Waals surface area contributed by atoms with Crippen molar-refractivity contribution in [3.8, 4) is 0 Å². The number of carbonyl (C=O) groups excluding carboxylic acids is 1. The first kappa shape index (κ1) is 16.4. The van der Waals surface area contributed by atoms with Crippen LogP contribution in [0.25, 0.3) is 0 Å². The molecule has 2 unspecified atom stereocenters. The predicted molar refractivity (Wildman–Crippen MR) is 77.2 cm³/mol. The SMILES string of the molecule is CCNC(CN1CCCN(C)CC1C)C(=O)OCC. The van der Waals surface area contributed by atoms with Gasteiger partial charge in [-0.2, -0.15) is 0 Å². The van der Waals surface area contributed by atoms with E-state index in [4.69, 9.17) is 4.74 Å². The van der Waals surface area contributed by atoms with Crippen molar-refractivity contribution in [1.82, 2.24) is 15.1 Å². The summed E-state index contributed by atoms with van der Waals surface area (Å²) in [6.07, 6.45) is 1.16. The summed E-state index contributed by atoms with van der Waals surface area (Å²) in [5, 5.41) is 3.24. The molecule has 19 heavy (non-hydrogen) atoms. The van der Waals surface area contributed by atoms with E-state index in [1.54, 1.807) is 0 Å². The predicted octanol–water partition coefficient (Wildman–Crippen LogP) is 0.554. The number of esters is 1. The maximum atomic E-state index is 11.9. The quantitative estimate of drug-likeness (QED) is 0.715. The Labute approximate surface area is 117 Å². The van der Waals surface area contributed by atoms with Crippen LogP contribution >= 0.6 is 0 Å². The van der Waals surface area contributed by atoms with Crippen molar-refractivity contribution in [1.29, 1.82) is 0 Å². The lowest BCUT2D eigenvalue weighted by Crippen LogP contribution is -2.50. The molecule has 2 atom stereocenters. The molecule has 1 fully saturated rings. The molecule has 0 spiro atoms. The van der Waals surface area contributed by atoms with Gasteiger partial charge >= 0.3 is 5.97 Å². The van der Waals surface area contributed by atoms with Crippen LogP contribution in [0.3, 0.4) is 0 Å². The summed E-state index contributed by atoms with van der Waals surface area (Å²) in [4.78, 5) is 16.7. The number of rotatable bonds is 6. The number of hydrogen-bond donors (Lipinski definition) is 1. The van der Waals surface area contributed by atoms with Crippen LogP contribution in [0.15, 0.2) is 0 Å². The zero-order valence-corrected chi connectivity index (χ0v) is 12.8. The van der Waals surface area contributed by atoms with Crippen LogP contribution in [0.5, 0.6) is 0 Å². The van der Waals surface area contributed by atoms with Crippen LogP contribution in [0.1, 0.15) is 27.2 Å².